The number of aliphatic carboxylic acids is 4. The Hall–Kier alpha value is -4.70. The van der Waals surface area contributed by atoms with E-state index in [-0.39, 0.29) is 18.6 Å². The summed E-state index contributed by atoms with van der Waals surface area (Å²) in [6.45, 7) is 6.35. The van der Waals surface area contributed by atoms with Crippen molar-refractivity contribution in [2.45, 2.75) is 33.1 Å². The molecule has 35 heavy (non-hydrogen) atoms. The molecule has 0 saturated carbocycles. The van der Waals surface area contributed by atoms with Crippen molar-refractivity contribution in [3.63, 3.8) is 0 Å². The lowest BCUT2D eigenvalue weighted by atomic mass is 10.2. The van der Waals surface area contributed by atoms with Gasteiger partial charge in [-0.25, -0.2) is 15.3 Å². The second-order valence-electron chi connectivity index (χ2n) is 5.85. The summed E-state index contributed by atoms with van der Waals surface area (Å²) in [4.78, 5) is 70.8. The fourth-order valence-corrected chi connectivity index (χ4v) is 1.51. The van der Waals surface area contributed by atoms with Crippen molar-refractivity contribution in [3.05, 3.63) is 48.2 Å². The third kappa shape index (κ3) is 19.7. The summed E-state index contributed by atoms with van der Waals surface area (Å²) in [7, 11) is 0. The molecule has 16 heteroatoms. The number of amides is 2. The Morgan fingerprint density at radius 2 is 1.06 bits per heavy atom. The molecule has 0 unspecified atom stereocenters. The molecule has 8 N–H and O–H groups in total. The molecule has 0 rings (SSSR count). The van der Waals surface area contributed by atoms with Gasteiger partial charge in [0.25, 0.3) is 5.91 Å². The molecule has 0 spiro atoms. The van der Waals surface area contributed by atoms with E-state index in [1.54, 1.807) is 0 Å². The Labute approximate surface area is 197 Å². The standard InChI is InChI=1S/2C9H11NO7.CH4/c1-5(2-7(11)12)9(15)10-4-6(17-16)3-8(13)14;1-5(9(14)15)2-7(11)10-4-6(17-16)3-8(12)13;/h4,16H,1-3H2,(H,10,15)(H,11,12)(H,13,14);4,16H,1-3H2,(H,10,11)(H,12,13)(H,14,15);1H4/b2*6-4-;. The topological polar surface area (TPSA) is 266 Å². The molecule has 0 atom stereocenters. The first-order valence-corrected chi connectivity index (χ1v) is 8.58. The van der Waals surface area contributed by atoms with Crippen molar-refractivity contribution < 1.29 is 69.5 Å². The minimum Gasteiger partial charge on any atom is -0.481 e. The fourth-order valence-electron chi connectivity index (χ4n) is 1.51. The number of nitrogens with one attached hydrogen (secondary N) is 2. The van der Waals surface area contributed by atoms with Gasteiger partial charge in [-0.15, -0.1) is 0 Å². The fraction of sp³-hybridized carbons (Fsp3) is 0.263. The summed E-state index contributed by atoms with van der Waals surface area (Å²) in [6.07, 6.45) is -0.639. The van der Waals surface area contributed by atoms with Crippen LogP contribution in [-0.4, -0.2) is 66.6 Å². The maximum atomic E-state index is 11.2. The monoisotopic (exact) mass is 506 g/mol. The molecule has 0 aliphatic carbocycles. The van der Waals surface area contributed by atoms with Crippen LogP contribution in [0.1, 0.15) is 33.1 Å². The highest BCUT2D eigenvalue weighted by atomic mass is 17.1. The molecule has 0 aliphatic rings. The SMILES string of the molecule is C.C=C(CC(=O)N/C=C(/CC(=O)O)OO)C(=O)O.C=C(CC(=O)O)C(=O)N/C=C(/CC(=O)O)OO. The predicted molar refractivity (Wildman–Crippen MR) is 114 cm³/mol. The second kappa shape index (κ2) is 18.8. The maximum absolute atomic E-state index is 11.2. The molecule has 0 aromatic heterocycles. The molecular formula is C19H26N2O14. The van der Waals surface area contributed by atoms with E-state index in [9.17, 15) is 28.8 Å². The van der Waals surface area contributed by atoms with E-state index in [0.717, 1.165) is 12.4 Å². The maximum Gasteiger partial charge on any atom is 0.331 e. The molecule has 16 nitrogen and oxygen atoms in total. The summed E-state index contributed by atoms with van der Waals surface area (Å²) < 4.78 is 0. The minimum absolute atomic E-state index is 0. The Morgan fingerprint density at radius 1 is 0.657 bits per heavy atom. The van der Waals surface area contributed by atoms with Crippen LogP contribution in [0.15, 0.2) is 48.2 Å². The Morgan fingerprint density at radius 3 is 1.40 bits per heavy atom. The van der Waals surface area contributed by atoms with Crippen molar-refractivity contribution >= 4 is 35.7 Å². The Bertz CT molecular complexity index is 888. The summed E-state index contributed by atoms with van der Waals surface area (Å²) in [6, 6.07) is 0. The van der Waals surface area contributed by atoms with Crippen LogP contribution in [-0.2, 0) is 38.5 Å². The summed E-state index contributed by atoms with van der Waals surface area (Å²) in [5, 5.41) is 54.2. The van der Waals surface area contributed by atoms with Gasteiger partial charge in [-0.05, 0) is 0 Å². The van der Waals surface area contributed by atoms with Crippen LogP contribution in [0.4, 0.5) is 0 Å². The average molecular weight is 506 g/mol. The molecule has 0 fully saturated rings. The highest BCUT2D eigenvalue weighted by Crippen LogP contribution is 2.03. The Balaban J connectivity index is -0.000000569. The van der Waals surface area contributed by atoms with Crippen LogP contribution < -0.4 is 10.6 Å². The van der Waals surface area contributed by atoms with Gasteiger partial charge in [0.1, 0.15) is 12.8 Å². The number of carbonyl (C=O) groups excluding carboxylic acids is 2. The zero-order valence-electron chi connectivity index (χ0n) is 17.3. The van der Waals surface area contributed by atoms with Crippen molar-refractivity contribution in [3.8, 4) is 0 Å². The number of hydrogen-bond acceptors (Lipinski definition) is 10. The molecule has 0 heterocycles. The molecular weight excluding hydrogens is 480 g/mol. The smallest absolute Gasteiger partial charge is 0.331 e. The van der Waals surface area contributed by atoms with E-state index >= 15 is 0 Å². The van der Waals surface area contributed by atoms with Crippen LogP contribution >= 0.6 is 0 Å². The van der Waals surface area contributed by atoms with Crippen molar-refractivity contribution in [1.29, 1.82) is 0 Å². The number of carboxylic acid groups (broad SMARTS) is 4. The van der Waals surface area contributed by atoms with Gasteiger partial charge < -0.3 is 40.8 Å². The third-order valence-electron chi connectivity index (χ3n) is 3.01. The van der Waals surface area contributed by atoms with Crippen LogP contribution in [0.3, 0.4) is 0 Å². The quantitative estimate of drug-likeness (QED) is 0.0690. The average Bonchev–Trinajstić information content (AvgIpc) is 2.72. The molecule has 0 saturated heterocycles. The molecule has 0 aromatic rings. The highest BCUT2D eigenvalue weighted by molar-refractivity contribution is 5.97. The normalized spacial score (nSPS) is 10.2. The van der Waals surface area contributed by atoms with Crippen LogP contribution in [0.25, 0.3) is 0 Å². The zero-order chi connectivity index (χ0) is 26.8. The predicted octanol–water partition coefficient (Wildman–Crippen LogP) is 0.515. The minimum atomic E-state index is -1.31. The zero-order valence-corrected chi connectivity index (χ0v) is 17.3. The van der Waals surface area contributed by atoms with E-state index in [1.165, 1.54) is 0 Å². The third-order valence-corrected chi connectivity index (χ3v) is 3.01. The van der Waals surface area contributed by atoms with Crippen molar-refractivity contribution in [1.82, 2.24) is 10.6 Å². The molecule has 2 amide bonds. The highest BCUT2D eigenvalue weighted by Gasteiger charge is 2.12. The van der Waals surface area contributed by atoms with Gasteiger partial charge in [-0.1, -0.05) is 20.6 Å². The van der Waals surface area contributed by atoms with E-state index in [0.29, 0.717) is 0 Å². The lowest BCUT2D eigenvalue weighted by Gasteiger charge is -2.03. The molecule has 0 radical (unpaired) electrons. The summed E-state index contributed by atoms with van der Waals surface area (Å²) in [5.41, 5.74) is -0.540. The van der Waals surface area contributed by atoms with Gasteiger partial charge in [-0.2, -0.15) is 0 Å². The molecule has 0 aromatic carbocycles. The largest absolute Gasteiger partial charge is 0.481 e. The first-order chi connectivity index (χ1) is 15.7. The molecule has 0 aliphatic heterocycles. The van der Waals surface area contributed by atoms with Gasteiger partial charge in [0, 0.05) is 23.5 Å². The van der Waals surface area contributed by atoms with Crippen LogP contribution in [0.2, 0.25) is 0 Å². The van der Waals surface area contributed by atoms with Crippen LogP contribution in [0, 0.1) is 0 Å². The first-order valence-electron chi connectivity index (χ1n) is 8.58. The number of hydrogen-bond donors (Lipinski definition) is 8. The van der Waals surface area contributed by atoms with Gasteiger partial charge in [0.05, 0.1) is 12.8 Å². The van der Waals surface area contributed by atoms with Gasteiger partial charge in [0.15, 0.2) is 11.5 Å². The van der Waals surface area contributed by atoms with E-state index in [1.807, 2.05) is 5.32 Å². The number of carbonyl (C=O) groups is 6. The van der Waals surface area contributed by atoms with Gasteiger partial charge in [0.2, 0.25) is 5.91 Å². The van der Waals surface area contributed by atoms with Gasteiger partial charge >= 0.3 is 23.9 Å². The van der Waals surface area contributed by atoms with Crippen molar-refractivity contribution in [2.75, 3.05) is 0 Å². The molecule has 196 valence electrons. The molecule has 0 bridgehead atoms. The van der Waals surface area contributed by atoms with Gasteiger partial charge in [-0.3, -0.25) is 24.0 Å². The van der Waals surface area contributed by atoms with E-state index in [2.05, 4.69) is 28.2 Å². The Kier molecular flexibility index (Phi) is 18.8. The summed E-state index contributed by atoms with van der Waals surface area (Å²) in [5.74, 6) is -7.42. The van der Waals surface area contributed by atoms with E-state index in [4.69, 9.17) is 30.9 Å². The first kappa shape index (κ1) is 34.9. The van der Waals surface area contributed by atoms with E-state index < -0.39 is 72.9 Å². The summed E-state index contributed by atoms with van der Waals surface area (Å²) >= 11 is 0. The lowest BCUT2D eigenvalue weighted by molar-refractivity contribution is -0.207. The van der Waals surface area contributed by atoms with Crippen molar-refractivity contribution in [2.24, 2.45) is 0 Å². The van der Waals surface area contributed by atoms with Crippen LogP contribution in [0.5, 0.6) is 0 Å². The number of carboxylic acids is 4. The lowest BCUT2D eigenvalue weighted by Crippen LogP contribution is -2.21. The number of rotatable bonds is 14. The second-order valence-corrected chi connectivity index (χ2v) is 5.85.